The second kappa shape index (κ2) is 6.18. The standard InChI is InChI=1S/C14H19N5O/c1-4-15-13-7-5-6-12(18-13)14(20)16-8-11-9-17-19(3)10(11)2/h5-7,9H,4,8H2,1-3H3,(H,15,18)(H,16,20). The first kappa shape index (κ1) is 14.0. The van der Waals surface area contributed by atoms with Gasteiger partial charge in [-0.25, -0.2) is 4.98 Å². The van der Waals surface area contributed by atoms with Crippen molar-refractivity contribution in [1.29, 1.82) is 0 Å². The molecule has 0 aliphatic carbocycles. The average molecular weight is 273 g/mol. The van der Waals surface area contributed by atoms with E-state index in [1.54, 1.807) is 16.9 Å². The van der Waals surface area contributed by atoms with Crippen LogP contribution in [0.2, 0.25) is 0 Å². The Morgan fingerprint density at radius 1 is 1.40 bits per heavy atom. The molecule has 0 radical (unpaired) electrons. The average Bonchev–Trinajstić information content (AvgIpc) is 2.77. The molecule has 2 heterocycles. The van der Waals surface area contributed by atoms with Crippen molar-refractivity contribution < 1.29 is 4.79 Å². The molecular formula is C14H19N5O. The lowest BCUT2D eigenvalue weighted by atomic mass is 10.2. The van der Waals surface area contributed by atoms with Crippen molar-refractivity contribution in [3.63, 3.8) is 0 Å². The summed E-state index contributed by atoms with van der Waals surface area (Å²) in [5.41, 5.74) is 2.45. The molecule has 1 amide bonds. The Balaban J connectivity index is 2.01. The van der Waals surface area contributed by atoms with Crippen LogP contribution in [0.15, 0.2) is 24.4 Å². The predicted molar refractivity (Wildman–Crippen MR) is 77.5 cm³/mol. The van der Waals surface area contributed by atoms with Crippen molar-refractivity contribution >= 4 is 11.7 Å². The Labute approximate surface area is 118 Å². The van der Waals surface area contributed by atoms with E-state index >= 15 is 0 Å². The molecule has 20 heavy (non-hydrogen) atoms. The van der Waals surface area contributed by atoms with Gasteiger partial charge in [-0.2, -0.15) is 5.10 Å². The number of pyridine rings is 1. The third kappa shape index (κ3) is 3.14. The smallest absolute Gasteiger partial charge is 0.270 e. The molecule has 106 valence electrons. The maximum Gasteiger partial charge on any atom is 0.270 e. The highest BCUT2D eigenvalue weighted by molar-refractivity contribution is 5.92. The summed E-state index contributed by atoms with van der Waals surface area (Å²) in [6, 6.07) is 5.35. The highest BCUT2D eigenvalue weighted by atomic mass is 16.1. The monoisotopic (exact) mass is 273 g/mol. The fourth-order valence-electron chi connectivity index (χ4n) is 1.82. The molecule has 2 N–H and O–H groups in total. The van der Waals surface area contributed by atoms with Gasteiger partial charge in [-0.3, -0.25) is 9.48 Å². The molecule has 0 fully saturated rings. The van der Waals surface area contributed by atoms with Gasteiger partial charge in [0.2, 0.25) is 0 Å². The van der Waals surface area contributed by atoms with E-state index in [1.807, 2.05) is 33.0 Å². The number of carbonyl (C=O) groups excluding carboxylic acids is 1. The fourth-order valence-corrected chi connectivity index (χ4v) is 1.82. The summed E-state index contributed by atoms with van der Waals surface area (Å²) in [5.74, 6) is 0.519. The molecule has 0 bridgehead atoms. The van der Waals surface area contributed by atoms with Crippen molar-refractivity contribution in [3.05, 3.63) is 41.3 Å². The fraction of sp³-hybridized carbons (Fsp3) is 0.357. The van der Waals surface area contributed by atoms with Gasteiger partial charge in [0.05, 0.1) is 6.20 Å². The van der Waals surface area contributed by atoms with E-state index in [-0.39, 0.29) is 5.91 Å². The molecule has 0 saturated carbocycles. The van der Waals surface area contributed by atoms with Crippen LogP contribution in [0.1, 0.15) is 28.7 Å². The lowest BCUT2D eigenvalue weighted by Crippen LogP contribution is -2.24. The molecule has 0 aliphatic rings. The molecule has 0 aliphatic heterocycles. The SMILES string of the molecule is CCNc1cccc(C(=O)NCc2cnn(C)c2C)n1. The van der Waals surface area contributed by atoms with E-state index in [9.17, 15) is 4.79 Å². The van der Waals surface area contributed by atoms with Crippen LogP contribution in [0.25, 0.3) is 0 Å². The Morgan fingerprint density at radius 3 is 2.85 bits per heavy atom. The summed E-state index contributed by atoms with van der Waals surface area (Å²) in [5, 5.41) is 10.1. The number of aryl methyl sites for hydroxylation is 1. The molecule has 6 nitrogen and oxygen atoms in total. The highest BCUT2D eigenvalue weighted by Crippen LogP contribution is 2.07. The second-order valence-electron chi connectivity index (χ2n) is 4.50. The number of carbonyl (C=O) groups is 1. The van der Waals surface area contributed by atoms with Crippen LogP contribution in [0.5, 0.6) is 0 Å². The van der Waals surface area contributed by atoms with E-state index in [0.717, 1.165) is 17.8 Å². The van der Waals surface area contributed by atoms with Crippen molar-refractivity contribution in [2.45, 2.75) is 20.4 Å². The Bertz CT molecular complexity index is 605. The summed E-state index contributed by atoms with van der Waals surface area (Å²) < 4.78 is 1.78. The molecular weight excluding hydrogens is 254 g/mol. The number of nitrogens with one attached hydrogen (secondary N) is 2. The summed E-state index contributed by atoms with van der Waals surface area (Å²) in [6.07, 6.45) is 1.76. The molecule has 2 rings (SSSR count). The first-order valence-electron chi connectivity index (χ1n) is 6.58. The molecule has 2 aromatic rings. The molecule has 2 aromatic heterocycles. The summed E-state index contributed by atoms with van der Waals surface area (Å²) in [7, 11) is 1.88. The van der Waals surface area contributed by atoms with Crippen LogP contribution in [0.4, 0.5) is 5.82 Å². The van der Waals surface area contributed by atoms with E-state index in [1.165, 1.54) is 0 Å². The van der Waals surface area contributed by atoms with Gasteiger partial charge < -0.3 is 10.6 Å². The Kier molecular flexibility index (Phi) is 4.34. The minimum Gasteiger partial charge on any atom is -0.370 e. The first-order valence-corrected chi connectivity index (χ1v) is 6.58. The molecule has 0 unspecified atom stereocenters. The molecule has 6 heteroatoms. The van der Waals surface area contributed by atoms with E-state index in [0.29, 0.717) is 18.1 Å². The van der Waals surface area contributed by atoms with Crippen molar-refractivity contribution in [2.75, 3.05) is 11.9 Å². The van der Waals surface area contributed by atoms with Gasteiger partial charge in [-0.1, -0.05) is 6.07 Å². The van der Waals surface area contributed by atoms with Gasteiger partial charge >= 0.3 is 0 Å². The van der Waals surface area contributed by atoms with Crippen LogP contribution in [0.3, 0.4) is 0 Å². The maximum atomic E-state index is 12.1. The number of aromatic nitrogens is 3. The second-order valence-corrected chi connectivity index (χ2v) is 4.50. The first-order chi connectivity index (χ1) is 9.61. The number of rotatable bonds is 5. The van der Waals surface area contributed by atoms with Gasteiger partial charge in [-0.15, -0.1) is 0 Å². The summed E-state index contributed by atoms with van der Waals surface area (Å²) in [4.78, 5) is 16.3. The number of nitrogens with zero attached hydrogens (tertiary/aromatic N) is 3. The third-order valence-electron chi connectivity index (χ3n) is 3.12. The normalized spacial score (nSPS) is 10.3. The summed E-state index contributed by atoms with van der Waals surface area (Å²) >= 11 is 0. The van der Waals surface area contributed by atoms with Gasteiger partial charge in [0.1, 0.15) is 11.5 Å². The predicted octanol–water partition coefficient (Wildman–Crippen LogP) is 1.49. The van der Waals surface area contributed by atoms with Gasteiger partial charge in [0.25, 0.3) is 5.91 Å². The molecule has 0 saturated heterocycles. The van der Waals surface area contributed by atoms with Gasteiger partial charge in [-0.05, 0) is 26.0 Å². The quantitative estimate of drug-likeness (QED) is 0.865. The minimum absolute atomic E-state index is 0.187. The van der Waals surface area contributed by atoms with Crippen LogP contribution < -0.4 is 10.6 Å². The highest BCUT2D eigenvalue weighted by Gasteiger charge is 2.09. The Hall–Kier alpha value is -2.37. The lowest BCUT2D eigenvalue weighted by Gasteiger charge is -2.07. The maximum absolute atomic E-state index is 12.1. The van der Waals surface area contributed by atoms with Gasteiger partial charge in [0.15, 0.2) is 0 Å². The number of amides is 1. The zero-order chi connectivity index (χ0) is 14.5. The van der Waals surface area contributed by atoms with Crippen LogP contribution in [-0.2, 0) is 13.6 Å². The topological polar surface area (TPSA) is 71.8 Å². The van der Waals surface area contributed by atoms with Crippen LogP contribution in [0, 0.1) is 6.92 Å². The van der Waals surface area contributed by atoms with Crippen LogP contribution >= 0.6 is 0 Å². The lowest BCUT2D eigenvalue weighted by molar-refractivity contribution is 0.0946. The molecule has 0 atom stereocenters. The zero-order valence-corrected chi connectivity index (χ0v) is 12.0. The van der Waals surface area contributed by atoms with Gasteiger partial charge in [0, 0.05) is 31.4 Å². The molecule has 0 aromatic carbocycles. The Morgan fingerprint density at radius 2 is 2.20 bits per heavy atom. The van der Waals surface area contributed by atoms with Crippen LogP contribution in [-0.4, -0.2) is 27.2 Å². The van der Waals surface area contributed by atoms with E-state index < -0.39 is 0 Å². The number of anilines is 1. The van der Waals surface area contributed by atoms with E-state index in [4.69, 9.17) is 0 Å². The molecule has 0 spiro atoms. The van der Waals surface area contributed by atoms with Crippen molar-refractivity contribution in [2.24, 2.45) is 7.05 Å². The third-order valence-corrected chi connectivity index (χ3v) is 3.12. The number of hydrogen-bond donors (Lipinski definition) is 2. The van der Waals surface area contributed by atoms with E-state index in [2.05, 4.69) is 20.7 Å². The zero-order valence-electron chi connectivity index (χ0n) is 12.0. The largest absolute Gasteiger partial charge is 0.370 e. The number of hydrogen-bond acceptors (Lipinski definition) is 4. The summed E-state index contributed by atoms with van der Waals surface area (Å²) in [6.45, 7) is 5.18. The minimum atomic E-state index is -0.187. The van der Waals surface area contributed by atoms with Crippen molar-refractivity contribution in [1.82, 2.24) is 20.1 Å². The van der Waals surface area contributed by atoms with Crippen molar-refractivity contribution in [3.8, 4) is 0 Å².